The third-order valence-electron chi connectivity index (χ3n) is 2.59. The van der Waals surface area contributed by atoms with Crippen LogP contribution in [0.15, 0.2) is 18.2 Å². The number of benzene rings is 1. The summed E-state index contributed by atoms with van der Waals surface area (Å²) in [4.78, 5) is 0. The SMILES string of the molecule is CCC(CN)S(=O)(=O)Nc1ccc(C)c(F)c1. The molecule has 1 aromatic carbocycles. The van der Waals surface area contributed by atoms with Crippen molar-refractivity contribution in [2.75, 3.05) is 11.3 Å². The summed E-state index contributed by atoms with van der Waals surface area (Å²) in [5, 5.41) is -0.660. The number of hydrogen-bond donors (Lipinski definition) is 2. The Bertz CT molecular complexity index is 484. The van der Waals surface area contributed by atoms with Gasteiger partial charge in [0.1, 0.15) is 5.82 Å². The number of rotatable bonds is 5. The van der Waals surface area contributed by atoms with E-state index in [4.69, 9.17) is 5.73 Å². The van der Waals surface area contributed by atoms with Gasteiger partial charge < -0.3 is 5.73 Å². The molecule has 0 aliphatic heterocycles. The van der Waals surface area contributed by atoms with Gasteiger partial charge in [0.15, 0.2) is 0 Å². The molecule has 0 fully saturated rings. The topological polar surface area (TPSA) is 72.2 Å². The van der Waals surface area contributed by atoms with Crippen LogP contribution in [0.1, 0.15) is 18.9 Å². The molecule has 17 heavy (non-hydrogen) atoms. The monoisotopic (exact) mass is 260 g/mol. The molecule has 1 atom stereocenters. The zero-order valence-corrected chi connectivity index (χ0v) is 10.7. The first-order chi connectivity index (χ1) is 7.90. The van der Waals surface area contributed by atoms with Crippen LogP contribution in [0.2, 0.25) is 0 Å². The molecule has 0 aromatic heterocycles. The third-order valence-corrected chi connectivity index (χ3v) is 4.51. The van der Waals surface area contributed by atoms with Crippen molar-refractivity contribution in [3.05, 3.63) is 29.6 Å². The van der Waals surface area contributed by atoms with Crippen LogP contribution in [0.3, 0.4) is 0 Å². The van der Waals surface area contributed by atoms with E-state index < -0.39 is 21.1 Å². The molecule has 4 nitrogen and oxygen atoms in total. The summed E-state index contributed by atoms with van der Waals surface area (Å²) in [5.74, 6) is -0.439. The van der Waals surface area contributed by atoms with E-state index in [0.717, 1.165) is 6.07 Å². The average molecular weight is 260 g/mol. The molecule has 0 spiro atoms. The molecule has 6 heteroatoms. The van der Waals surface area contributed by atoms with Crippen molar-refractivity contribution in [2.45, 2.75) is 25.5 Å². The zero-order valence-electron chi connectivity index (χ0n) is 9.90. The lowest BCUT2D eigenvalue weighted by atomic mass is 10.2. The molecule has 0 saturated heterocycles. The van der Waals surface area contributed by atoms with Gasteiger partial charge in [-0.25, -0.2) is 12.8 Å². The van der Waals surface area contributed by atoms with Gasteiger partial charge in [-0.1, -0.05) is 13.0 Å². The predicted octanol–water partition coefficient (Wildman–Crippen LogP) is 1.61. The van der Waals surface area contributed by atoms with Crippen molar-refractivity contribution in [2.24, 2.45) is 5.73 Å². The summed E-state index contributed by atoms with van der Waals surface area (Å²) < 4.78 is 39.3. The Balaban J connectivity index is 2.94. The normalized spacial score (nSPS) is 13.4. The van der Waals surface area contributed by atoms with Crippen molar-refractivity contribution in [3.8, 4) is 0 Å². The molecule has 0 heterocycles. The Morgan fingerprint density at radius 3 is 2.59 bits per heavy atom. The fourth-order valence-electron chi connectivity index (χ4n) is 1.42. The molecular formula is C11H17FN2O2S. The highest BCUT2D eigenvalue weighted by Gasteiger charge is 2.22. The van der Waals surface area contributed by atoms with Gasteiger partial charge in [0.25, 0.3) is 0 Å². The van der Waals surface area contributed by atoms with E-state index in [9.17, 15) is 12.8 Å². The Kier molecular flexibility index (Phi) is 4.47. The van der Waals surface area contributed by atoms with Crippen molar-refractivity contribution < 1.29 is 12.8 Å². The average Bonchev–Trinajstić information content (AvgIpc) is 2.24. The maximum Gasteiger partial charge on any atom is 0.236 e. The van der Waals surface area contributed by atoms with Gasteiger partial charge in [0, 0.05) is 6.54 Å². The number of halogens is 1. The number of sulfonamides is 1. The molecule has 0 bridgehead atoms. The van der Waals surface area contributed by atoms with Crippen LogP contribution < -0.4 is 10.5 Å². The van der Waals surface area contributed by atoms with Crippen molar-refractivity contribution >= 4 is 15.7 Å². The van der Waals surface area contributed by atoms with Crippen LogP contribution in [0.4, 0.5) is 10.1 Å². The van der Waals surface area contributed by atoms with Crippen molar-refractivity contribution in [1.29, 1.82) is 0 Å². The fraction of sp³-hybridized carbons (Fsp3) is 0.455. The van der Waals surface area contributed by atoms with E-state index >= 15 is 0 Å². The summed E-state index contributed by atoms with van der Waals surface area (Å²) >= 11 is 0. The second kappa shape index (κ2) is 5.46. The van der Waals surface area contributed by atoms with E-state index in [1.807, 2.05) is 0 Å². The smallest absolute Gasteiger partial charge is 0.236 e. The quantitative estimate of drug-likeness (QED) is 0.845. The highest BCUT2D eigenvalue weighted by Crippen LogP contribution is 2.17. The molecule has 0 saturated carbocycles. The fourth-order valence-corrected chi connectivity index (χ4v) is 2.73. The van der Waals surface area contributed by atoms with Crippen LogP contribution in [0.5, 0.6) is 0 Å². The highest BCUT2D eigenvalue weighted by molar-refractivity contribution is 7.93. The Labute approximate surface area is 101 Å². The maximum absolute atomic E-state index is 13.3. The van der Waals surface area contributed by atoms with Crippen molar-refractivity contribution in [1.82, 2.24) is 0 Å². The molecule has 1 rings (SSSR count). The molecule has 1 aromatic rings. The minimum atomic E-state index is -3.55. The van der Waals surface area contributed by atoms with Crippen LogP contribution in [0, 0.1) is 12.7 Å². The molecule has 96 valence electrons. The van der Waals surface area contributed by atoms with E-state index in [1.165, 1.54) is 12.1 Å². The number of anilines is 1. The molecule has 0 amide bonds. The summed E-state index contributed by atoms with van der Waals surface area (Å²) in [6.45, 7) is 3.40. The van der Waals surface area contributed by atoms with Crippen LogP contribution in [-0.4, -0.2) is 20.2 Å². The summed E-state index contributed by atoms with van der Waals surface area (Å²) in [6.07, 6.45) is 0.417. The lowest BCUT2D eigenvalue weighted by Crippen LogP contribution is -2.33. The Morgan fingerprint density at radius 2 is 2.12 bits per heavy atom. The van der Waals surface area contributed by atoms with Gasteiger partial charge in [-0.05, 0) is 31.0 Å². The van der Waals surface area contributed by atoms with Crippen LogP contribution >= 0.6 is 0 Å². The second-order valence-corrected chi connectivity index (χ2v) is 5.84. The lowest BCUT2D eigenvalue weighted by molar-refractivity contribution is 0.581. The van der Waals surface area contributed by atoms with Gasteiger partial charge in [0.05, 0.1) is 10.9 Å². The molecule has 0 aliphatic carbocycles. The highest BCUT2D eigenvalue weighted by atomic mass is 32.2. The minimum Gasteiger partial charge on any atom is -0.329 e. The van der Waals surface area contributed by atoms with Crippen molar-refractivity contribution in [3.63, 3.8) is 0 Å². The largest absolute Gasteiger partial charge is 0.329 e. The Hall–Kier alpha value is -1.14. The van der Waals surface area contributed by atoms with Gasteiger partial charge in [-0.2, -0.15) is 0 Å². The summed E-state index contributed by atoms with van der Waals surface area (Å²) in [6, 6.07) is 4.21. The summed E-state index contributed by atoms with van der Waals surface area (Å²) in [7, 11) is -3.55. The van der Waals surface area contributed by atoms with Gasteiger partial charge in [0.2, 0.25) is 10.0 Å². The minimum absolute atomic E-state index is 0.0418. The number of nitrogens with one attached hydrogen (secondary N) is 1. The first-order valence-corrected chi connectivity index (χ1v) is 6.93. The van der Waals surface area contributed by atoms with E-state index in [-0.39, 0.29) is 12.2 Å². The Morgan fingerprint density at radius 1 is 1.47 bits per heavy atom. The number of aryl methyl sites for hydroxylation is 1. The molecular weight excluding hydrogens is 243 g/mol. The molecule has 3 N–H and O–H groups in total. The lowest BCUT2D eigenvalue weighted by Gasteiger charge is -2.15. The standard InChI is InChI=1S/C11H17FN2O2S/c1-3-10(7-13)17(15,16)14-9-5-4-8(2)11(12)6-9/h4-6,10,14H,3,7,13H2,1-2H3. The second-order valence-electron chi connectivity index (χ2n) is 3.88. The first kappa shape index (κ1) is 13.9. The molecule has 0 radical (unpaired) electrons. The number of hydrogen-bond acceptors (Lipinski definition) is 3. The van der Waals surface area contributed by atoms with E-state index in [0.29, 0.717) is 12.0 Å². The molecule has 0 aliphatic rings. The van der Waals surface area contributed by atoms with Gasteiger partial charge >= 0.3 is 0 Å². The number of nitrogens with two attached hydrogens (primary N) is 1. The predicted molar refractivity (Wildman–Crippen MR) is 66.8 cm³/mol. The van der Waals surface area contributed by atoms with E-state index in [2.05, 4.69) is 4.72 Å². The molecule has 1 unspecified atom stereocenters. The van der Waals surface area contributed by atoms with Gasteiger partial charge in [-0.3, -0.25) is 4.72 Å². The zero-order chi connectivity index (χ0) is 13.1. The first-order valence-electron chi connectivity index (χ1n) is 5.38. The maximum atomic E-state index is 13.3. The van der Waals surface area contributed by atoms with Crippen LogP contribution in [-0.2, 0) is 10.0 Å². The van der Waals surface area contributed by atoms with Crippen LogP contribution in [0.25, 0.3) is 0 Å². The van der Waals surface area contributed by atoms with E-state index in [1.54, 1.807) is 13.8 Å². The summed E-state index contributed by atoms with van der Waals surface area (Å²) in [5.41, 5.74) is 6.08. The van der Waals surface area contributed by atoms with Gasteiger partial charge in [-0.15, -0.1) is 0 Å². The third kappa shape index (κ3) is 3.41.